The summed E-state index contributed by atoms with van der Waals surface area (Å²) in [6.45, 7) is 4.90. The average molecular weight is 221 g/mol. The summed E-state index contributed by atoms with van der Waals surface area (Å²) in [6, 6.07) is 0. The average Bonchev–Trinajstić information content (AvgIpc) is 2.19. The van der Waals surface area contributed by atoms with Crippen LogP contribution in [-0.4, -0.2) is 25.5 Å². The summed E-state index contributed by atoms with van der Waals surface area (Å²) in [6.07, 6.45) is 4.41. The maximum absolute atomic E-state index is 11.5. The van der Waals surface area contributed by atoms with E-state index in [-0.39, 0.29) is 24.2 Å². The van der Waals surface area contributed by atoms with Crippen LogP contribution in [0.15, 0.2) is 0 Å². The quantitative estimate of drug-likeness (QED) is 0.702. The van der Waals surface area contributed by atoms with Gasteiger partial charge in [-0.3, -0.25) is 4.79 Å². The summed E-state index contributed by atoms with van der Waals surface area (Å²) in [7, 11) is 0. The van der Waals surface area contributed by atoms with Crippen molar-refractivity contribution in [1.82, 2.24) is 10.6 Å². The summed E-state index contributed by atoms with van der Waals surface area (Å²) in [5.74, 6) is 0.450. The first kappa shape index (κ1) is 13.7. The number of nitrogens with one attached hydrogen (secondary N) is 2. The summed E-state index contributed by atoms with van der Waals surface area (Å²) < 4.78 is 0. The summed E-state index contributed by atoms with van der Waals surface area (Å²) in [5, 5.41) is 6.22. The summed E-state index contributed by atoms with van der Waals surface area (Å²) in [5.41, 5.74) is 0. The zero-order valence-corrected chi connectivity index (χ0v) is 9.66. The van der Waals surface area contributed by atoms with Gasteiger partial charge in [-0.05, 0) is 25.8 Å². The smallest absolute Gasteiger partial charge is 0.224 e. The van der Waals surface area contributed by atoms with Gasteiger partial charge < -0.3 is 10.6 Å². The Bertz CT molecular complexity index is 158. The molecule has 1 saturated heterocycles. The fraction of sp³-hybridized carbons (Fsp3) is 0.900. The molecule has 1 atom stereocenters. The van der Waals surface area contributed by atoms with E-state index < -0.39 is 0 Å². The fourth-order valence-electron chi connectivity index (χ4n) is 1.61. The second kappa shape index (κ2) is 8.06. The molecule has 0 bridgehead atoms. The third kappa shape index (κ3) is 4.82. The lowest BCUT2D eigenvalue weighted by molar-refractivity contribution is -0.125. The maximum Gasteiger partial charge on any atom is 0.224 e. The second-order valence-corrected chi connectivity index (χ2v) is 3.69. The van der Waals surface area contributed by atoms with Crippen molar-refractivity contribution in [3.8, 4) is 0 Å². The molecule has 0 saturated carbocycles. The van der Waals surface area contributed by atoms with Crippen LogP contribution in [0.3, 0.4) is 0 Å². The van der Waals surface area contributed by atoms with E-state index in [1.165, 1.54) is 0 Å². The number of halogens is 1. The minimum Gasteiger partial charge on any atom is -0.356 e. The van der Waals surface area contributed by atoms with Gasteiger partial charge >= 0.3 is 0 Å². The van der Waals surface area contributed by atoms with Crippen LogP contribution in [0.4, 0.5) is 0 Å². The van der Waals surface area contributed by atoms with Gasteiger partial charge in [0.25, 0.3) is 0 Å². The molecule has 1 amide bonds. The number of unbranched alkanes of at least 4 members (excludes halogenated alkanes) is 1. The van der Waals surface area contributed by atoms with Gasteiger partial charge in [0.15, 0.2) is 0 Å². The van der Waals surface area contributed by atoms with Gasteiger partial charge in [-0.2, -0.15) is 0 Å². The van der Waals surface area contributed by atoms with Crippen LogP contribution in [0.1, 0.15) is 32.6 Å². The molecule has 1 unspecified atom stereocenters. The maximum atomic E-state index is 11.5. The Balaban J connectivity index is 0.00000169. The van der Waals surface area contributed by atoms with E-state index in [4.69, 9.17) is 0 Å². The molecule has 0 aliphatic carbocycles. The number of carbonyl (C=O) groups excluding carboxylic acids is 1. The Kier molecular flexibility index (Phi) is 7.90. The predicted molar refractivity (Wildman–Crippen MR) is 60.8 cm³/mol. The monoisotopic (exact) mass is 220 g/mol. The molecule has 0 aromatic carbocycles. The van der Waals surface area contributed by atoms with E-state index in [0.29, 0.717) is 0 Å². The number of carbonyl (C=O) groups is 1. The zero-order chi connectivity index (χ0) is 9.52. The third-order valence-electron chi connectivity index (χ3n) is 2.50. The molecule has 0 aromatic rings. The van der Waals surface area contributed by atoms with E-state index in [1.807, 2.05) is 0 Å². The number of amides is 1. The molecular weight excluding hydrogens is 200 g/mol. The SMILES string of the molecule is CCCCNC(=O)C1CCCNC1.Cl. The molecule has 1 heterocycles. The minimum absolute atomic E-state index is 0. The molecule has 0 spiro atoms. The van der Waals surface area contributed by atoms with Gasteiger partial charge in [0.1, 0.15) is 0 Å². The van der Waals surface area contributed by atoms with Crippen LogP contribution in [0, 0.1) is 5.92 Å². The Labute approximate surface area is 92.4 Å². The molecule has 0 aromatic heterocycles. The third-order valence-corrected chi connectivity index (χ3v) is 2.50. The van der Waals surface area contributed by atoms with Crippen LogP contribution in [0.2, 0.25) is 0 Å². The Morgan fingerprint density at radius 3 is 2.93 bits per heavy atom. The lowest BCUT2D eigenvalue weighted by Gasteiger charge is -2.21. The van der Waals surface area contributed by atoms with Crippen LogP contribution >= 0.6 is 12.4 Å². The molecule has 4 heteroatoms. The van der Waals surface area contributed by atoms with Gasteiger partial charge in [-0.15, -0.1) is 12.4 Å². The molecular formula is C10H21ClN2O. The molecule has 1 aliphatic heterocycles. The minimum atomic E-state index is 0. The van der Waals surface area contributed by atoms with E-state index >= 15 is 0 Å². The van der Waals surface area contributed by atoms with E-state index in [9.17, 15) is 4.79 Å². The Hall–Kier alpha value is -0.280. The van der Waals surface area contributed by atoms with Gasteiger partial charge in [-0.25, -0.2) is 0 Å². The van der Waals surface area contributed by atoms with Crippen molar-refractivity contribution < 1.29 is 4.79 Å². The number of hydrogen-bond donors (Lipinski definition) is 2. The van der Waals surface area contributed by atoms with Crippen molar-refractivity contribution in [3.05, 3.63) is 0 Å². The lowest BCUT2D eigenvalue weighted by Crippen LogP contribution is -2.40. The highest BCUT2D eigenvalue weighted by Gasteiger charge is 2.19. The van der Waals surface area contributed by atoms with Crippen LogP contribution in [0.25, 0.3) is 0 Å². The van der Waals surface area contributed by atoms with Gasteiger partial charge in [-0.1, -0.05) is 13.3 Å². The first-order chi connectivity index (χ1) is 6.34. The number of rotatable bonds is 4. The molecule has 2 N–H and O–H groups in total. The highest BCUT2D eigenvalue weighted by Crippen LogP contribution is 2.09. The van der Waals surface area contributed by atoms with Crippen LogP contribution < -0.4 is 10.6 Å². The van der Waals surface area contributed by atoms with Crippen molar-refractivity contribution in [2.45, 2.75) is 32.6 Å². The molecule has 1 fully saturated rings. The van der Waals surface area contributed by atoms with Crippen LogP contribution in [0.5, 0.6) is 0 Å². The van der Waals surface area contributed by atoms with Crippen LogP contribution in [-0.2, 0) is 4.79 Å². The Morgan fingerprint density at radius 1 is 1.57 bits per heavy atom. The molecule has 0 radical (unpaired) electrons. The number of piperidine rings is 1. The van der Waals surface area contributed by atoms with Crippen molar-refractivity contribution in [2.75, 3.05) is 19.6 Å². The number of hydrogen-bond acceptors (Lipinski definition) is 2. The molecule has 14 heavy (non-hydrogen) atoms. The fourth-order valence-corrected chi connectivity index (χ4v) is 1.61. The Morgan fingerprint density at radius 2 is 2.36 bits per heavy atom. The first-order valence-electron chi connectivity index (χ1n) is 5.33. The molecule has 1 aliphatic rings. The van der Waals surface area contributed by atoms with Gasteiger partial charge in [0, 0.05) is 13.1 Å². The van der Waals surface area contributed by atoms with Crippen molar-refractivity contribution in [1.29, 1.82) is 0 Å². The first-order valence-corrected chi connectivity index (χ1v) is 5.33. The summed E-state index contributed by atoms with van der Waals surface area (Å²) in [4.78, 5) is 11.5. The highest BCUT2D eigenvalue weighted by molar-refractivity contribution is 5.85. The molecule has 3 nitrogen and oxygen atoms in total. The second-order valence-electron chi connectivity index (χ2n) is 3.69. The normalized spacial score (nSPS) is 21.1. The predicted octanol–water partition coefficient (Wildman–Crippen LogP) is 1.32. The topological polar surface area (TPSA) is 41.1 Å². The van der Waals surface area contributed by atoms with Gasteiger partial charge in [0.2, 0.25) is 5.91 Å². The lowest BCUT2D eigenvalue weighted by atomic mass is 9.99. The highest BCUT2D eigenvalue weighted by atomic mass is 35.5. The van der Waals surface area contributed by atoms with E-state index in [1.54, 1.807) is 0 Å². The zero-order valence-electron chi connectivity index (χ0n) is 8.84. The van der Waals surface area contributed by atoms with Crippen molar-refractivity contribution in [2.24, 2.45) is 5.92 Å². The van der Waals surface area contributed by atoms with E-state index in [2.05, 4.69) is 17.6 Å². The molecule has 84 valence electrons. The molecule has 1 rings (SSSR count). The largest absolute Gasteiger partial charge is 0.356 e. The van der Waals surface area contributed by atoms with E-state index in [0.717, 1.165) is 45.3 Å². The standard InChI is InChI=1S/C10H20N2O.ClH/c1-2-3-7-12-10(13)9-5-4-6-11-8-9;/h9,11H,2-8H2,1H3,(H,12,13);1H. The summed E-state index contributed by atoms with van der Waals surface area (Å²) >= 11 is 0. The van der Waals surface area contributed by atoms with Crippen molar-refractivity contribution in [3.63, 3.8) is 0 Å². The van der Waals surface area contributed by atoms with Crippen molar-refractivity contribution >= 4 is 18.3 Å². The van der Waals surface area contributed by atoms with Gasteiger partial charge in [0.05, 0.1) is 5.92 Å².